The lowest BCUT2D eigenvalue weighted by molar-refractivity contribution is -0.143. The van der Waals surface area contributed by atoms with Gasteiger partial charge in [-0.05, 0) is 30.1 Å². The van der Waals surface area contributed by atoms with E-state index in [9.17, 15) is 9.59 Å². The molecule has 0 aliphatic carbocycles. The van der Waals surface area contributed by atoms with Crippen LogP contribution in [0.4, 0.5) is 0 Å². The van der Waals surface area contributed by atoms with Crippen LogP contribution in [0.2, 0.25) is 0 Å². The molecule has 0 radical (unpaired) electrons. The zero-order chi connectivity index (χ0) is 12.5. The summed E-state index contributed by atoms with van der Waals surface area (Å²) in [7, 11) is 0. The van der Waals surface area contributed by atoms with E-state index in [1.54, 1.807) is 11.3 Å². The molecule has 0 atom stereocenters. The van der Waals surface area contributed by atoms with Gasteiger partial charge in [0.1, 0.15) is 5.41 Å². The quantitative estimate of drug-likeness (QED) is 0.640. The summed E-state index contributed by atoms with van der Waals surface area (Å²) in [6.07, 6.45) is 0.868. The maximum atomic E-state index is 12.0. The summed E-state index contributed by atoms with van der Waals surface area (Å²) >= 11 is 6.34. The van der Waals surface area contributed by atoms with Gasteiger partial charge in [-0.1, -0.05) is 13.0 Å². The molecular weight excluding hydrogens is 256 g/mol. The third kappa shape index (κ3) is 2.10. The van der Waals surface area contributed by atoms with Gasteiger partial charge < -0.3 is 10.6 Å². The van der Waals surface area contributed by atoms with Gasteiger partial charge in [0.05, 0.1) is 0 Å². The van der Waals surface area contributed by atoms with Crippen LogP contribution in [0, 0.1) is 5.41 Å². The van der Waals surface area contributed by atoms with Crippen molar-refractivity contribution in [3.8, 4) is 0 Å². The molecule has 1 aromatic heterocycles. The predicted molar refractivity (Wildman–Crippen MR) is 69.6 cm³/mol. The monoisotopic (exact) mass is 268 g/mol. The lowest BCUT2D eigenvalue weighted by Crippen LogP contribution is -2.62. The summed E-state index contributed by atoms with van der Waals surface area (Å²) in [6.45, 7) is 1.83. The topological polar surface area (TPSA) is 58.2 Å². The van der Waals surface area contributed by atoms with E-state index in [1.165, 1.54) is 0 Å². The summed E-state index contributed by atoms with van der Waals surface area (Å²) in [5, 5.41) is 7.08. The molecule has 17 heavy (non-hydrogen) atoms. The number of amides is 2. The van der Waals surface area contributed by atoms with Crippen LogP contribution in [-0.2, 0) is 16.0 Å². The zero-order valence-corrected chi connectivity index (χ0v) is 10.9. The molecule has 2 N–H and O–H groups in total. The Morgan fingerprint density at radius 3 is 2.47 bits per heavy atom. The van der Waals surface area contributed by atoms with E-state index in [2.05, 4.69) is 10.6 Å². The van der Waals surface area contributed by atoms with E-state index in [-0.39, 0.29) is 16.9 Å². The fourth-order valence-electron chi connectivity index (χ4n) is 1.90. The number of carbonyl (C=O) groups excluding carboxylic acids is 2. The summed E-state index contributed by atoms with van der Waals surface area (Å²) < 4.78 is 0. The Kier molecular flexibility index (Phi) is 3.26. The largest absolute Gasteiger partial charge is 0.302 e. The molecule has 2 rings (SSSR count). The second-order valence-electron chi connectivity index (χ2n) is 3.93. The van der Waals surface area contributed by atoms with Gasteiger partial charge in [-0.15, -0.1) is 11.3 Å². The van der Waals surface area contributed by atoms with Crippen LogP contribution >= 0.6 is 23.6 Å². The highest BCUT2D eigenvalue weighted by Gasteiger charge is 2.48. The van der Waals surface area contributed by atoms with E-state index < -0.39 is 5.41 Å². The first kappa shape index (κ1) is 12.2. The second-order valence-corrected chi connectivity index (χ2v) is 5.37. The Bertz CT molecular complexity index is 448. The molecule has 6 heteroatoms. The second kappa shape index (κ2) is 4.54. The maximum absolute atomic E-state index is 12.0. The van der Waals surface area contributed by atoms with Gasteiger partial charge in [0.15, 0.2) is 5.11 Å². The van der Waals surface area contributed by atoms with Gasteiger partial charge in [0.2, 0.25) is 11.8 Å². The molecule has 2 amide bonds. The molecule has 90 valence electrons. The summed E-state index contributed by atoms with van der Waals surface area (Å²) in [5.74, 6) is -0.607. The highest BCUT2D eigenvalue weighted by Crippen LogP contribution is 2.31. The van der Waals surface area contributed by atoms with Crippen molar-refractivity contribution >= 4 is 40.5 Å². The molecule has 1 saturated heterocycles. The van der Waals surface area contributed by atoms with E-state index in [0.717, 1.165) is 4.88 Å². The lowest BCUT2D eigenvalue weighted by Gasteiger charge is -2.33. The molecule has 0 bridgehead atoms. The molecule has 2 heterocycles. The predicted octanol–water partition coefficient (Wildman–Crippen LogP) is 1.22. The van der Waals surface area contributed by atoms with E-state index >= 15 is 0 Å². The van der Waals surface area contributed by atoms with Crippen LogP contribution in [0.5, 0.6) is 0 Å². The molecule has 4 nitrogen and oxygen atoms in total. The van der Waals surface area contributed by atoms with Crippen molar-refractivity contribution in [1.29, 1.82) is 0 Å². The fourth-order valence-corrected chi connectivity index (χ4v) is 2.90. The summed E-state index contributed by atoms with van der Waals surface area (Å²) in [6, 6.07) is 3.84. The van der Waals surface area contributed by atoms with Crippen molar-refractivity contribution in [2.75, 3.05) is 0 Å². The van der Waals surface area contributed by atoms with Crippen molar-refractivity contribution in [3.63, 3.8) is 0 Å². The fraction of sp³-hybridized carbons (Fsp3) is 0.364. The molecule has 0 unspecified atom stereocenters. The third-order valence-corrected chi connectivity index (χ3v) is 4.06. The van der Waals surface area contributed by atoms with E-state index in [1.807, 2.05) is 24.4 Å². The molecule has 0 saturated carbocycles. The minimum atomic E-state index is -1.03. The van der Waals surface area contributed by atoms with Gasteiger partial charge in [-0.3, -0.25) is 9.59 Å². The number of thiocarbonyl (C=S) groups is 1. The average molecular weight is 268 g/mol. The van der Waals surface area contributed by atoms with Crippen molar-refractivity contribution in [2.24, 2.45) is 5.41 Å². The Morgan fingerprint density at radius 2 is 2.00 bits per heavy atom. The number of hydrogen-bond acceptors (Lipinski definition) is 4. The van der Waals surface area contributed by atoms with Gasteiger partial charge in [0, 0.05) is 11.3 Å². The van der Waals surface area contributed by atoms with Crippen LogP contribution in [0.1, 0.15) is 18.2 Å². The van der Waals surface area contributed by atoms with Crippen LogP contribution in [0.15, 0.2) is 17.5 Å². The van der Waals surface area contributed by atoms with E-state index in [0.29, 0.717) is 12.8 Å². The molecule has 1 aliphatic heterocycles. The van der Waals surface area contributed by atoms with Crippen LogP contribution in [0.3, 0.4) is 0 Å². The van der Waals surface area contributed by atoms with Gasteiger partial charge in [-0.25, -0.2) is 0 Å². The molecular formula is C11H12N2O2S2. The standard InChI is InChI=1S/C11H12N2O2S2/c1-2-11(6-7-4-3-5-17-7)8(14)12-10(16)13-9(11)15/h3-5H,2,6H2,1H3,(H2,12,13,14,15,16). The Labute approximate surface area is 108 Å². The molecule has 1 fully saturated rings. The Morgan fingerprint density at radius 1 is 1.35 bits per heavy atom. The van der Waals surface area contributed by atoms with Crippen LogP contribution in [-0.4, -0.2) is 16.9 Å². The lowest BCUT2D eigenvalue weighted by atomic mass is 9.78. The first-order valence-electron chi connectivity index (χ1n) is 5.28. The highest BCUT2D eigenvalue weighted by molar-refractivity contribution is 7.80. The number of nitrogens with one attached hydrogen (secondary N) is 2. The zero-order valence-electron chi connectivity index (χ0n) is 9.28. The normalized spacial score (nSPS) is 18.8. The number of rotatable bonds is 3. The number of carbonyl (C=O) groups is 2. The van der Waals surface area contributed by atoms with Gasteiger partial charge in [-0.2, -0.15) is 0 Å². The minimum absolute atomic E-state index is 0.0928. The number of thiophene rings is 1. The Balaban J connectivity index is 2.32. The summed E-state index contributed by atoms with van der Waals surface area (Å²) in [5.41, 5.74) is -1.03. The molecule has 1 aromatic rings. The van der Waals surface area contributed by atoms with Crippen molar-refractivity contribution in [3.05, 3.63) is 22.4 Å². The first-order valence-corrected chi connectivity index (χ1v) is 6.56. The SMILES string of the molecule is CCC1(Cc2cccs2)C(=O)NC(=S)NC1=O. The molecule has 0 spiro atoms. The average Bonchev–Trinajstić information content (AvgIpc) is 2.76. The molecule has 1 aliphatic rings. The van der Waals surface area contributed by atoms with Crippen molar-refractivity contribution < 1.29 is 9.59 Å². The van der Waals surface area contributed by atoms with Crippen molar-refractivity contribution in [2.45, 2.75) is 19.8 Å². The Hall–Kier alpha value is -1.27. The minimum Gasteiger partial charge on any atom is -0.302 e. The van der Waals surface area contributed by atoms with E-state index in [4.69, 9.17) is 12.2 Å². The van der Waals surface area contributed by atoms with Crippen LogP contribution < -0.4 is 10.6 Å². The smallest absolute Gasteiger partial charge is 0.242 e. The van der Waals surface area contributed by atoms with Gasteiger partial charge in [0.25, 0.3) is 0 Å². The molecule has 0 aromatic carbocycles. The van der Waals surface area contributed by atoms with Gasteiger partial charge >= 0.3 is 0 Å². The maximum Gasteiger partial charge on any atom is 0.242 e. The summed E-state index contributed by atoms with van der Waals surface area (Å²) in [4.78, 5) is 25.1. The third-order valence-electron chi connectivity index (χ3n) is 2.98. The number of hydrogen-bond donors (Lipinski definition) is 2. The first-order chi connectivity index (χ1) is 8.08. The van der Waals surface area contributed by atoms with Crippen molar-refractivity contribution in [1.82, 2.24) is 10.6 Å². The van der Waals surface area contributed by atoms with Crippen LogP contribution in [0.25, 0.3) is 0 Å². The highest BCUT2D eigenvalue weighted by atomic mass is 32.1.